The Labute approximate surface area is 139 Å². The Balaban J connectivity index is 1.94. The highest BCUT2D eigenvalue weighted by atomic mass is 79.9. The molecule has 1 amide bonds. The van der Waals surface area contributed by atoms with E-state index in [4.69, 9.17) is 4.74 Å². The summed E-state index contributed by atoms with van der Waals surface area (Å²) in [7, 11) is 0. The normalized spacial score (nSPS) is 12.0. The molecule has 2 aromatic carbocycles. The third kappa shape index (κ3) is 4.60. The molecule has 2 rings (SSSR count). The molecule has 1 unspecified atom stereocenters. The maximum Gasteiger partial charge on any atom is 0.265 e. The molecule has 0 aliphatic heterocycles. The van der Waals surface area contributed by atoms with E-state index in [9.17, 15) is 4.79 Å². The van der Waals surface area contributed by atoms with Crippen LogP contribution in [0.15, 0.2) is 53.0 Å². The molecule has 0 heterocycles. The lowest BCUT2D eigenvalue weighted by molar-refractivity contribution is -0.122. The van der Waals surface area contributed by atoms with E-state index in [-0.39, 0.29) is 5.91 Å². The van der Waals surface area contributed by atoms with Crippen molar-refractivity contribution in [3.8, 4) is 5.75 Å². The molecule has 4 heteroatoms. The van der Waals surface area contributed by atoms with E-state index in [1.165, 1.54) is 5.56 Å². The van der Waals surface area contributed by atoms with E-state index in [1.807, 2.05) is 48.5 Å². The van der Waals surface area contributed by atoms with Crippen molar-refractivity contribution in [2.45, 2.75) is 32.8 Å². The molecular formula is C18H20BrNO2. The minimum atomic E-state index is -0.564. The number of amides is 1. The molecule has 1 N–H and O–H groups in total. The van der Waals surface area contributed by atoms with Gasteiger partial charge in [0.25, 0.3) is 5.91 Å². The van der Waals surface area contributed by atoms with E-state index in [0.29, 0.717) is 11.7 Å². The van der Waals surface area contributed by atoms with E-state index < -0.39 is 6.10 Å². The van der Waals surface area contributed by atoms with Crippen LogP contribution in [0.5, 0.6) is 5.75 Å². The fourth-order valence-electron chi connectivity index (χ4n) is 1.97. The second-order valence-electron chi connectivity index (χ2n) is 5.48. The first-order chi connectivity index (χ1) is 10.5. The highest BCUT2D eigenvalue weighted by Gasteiger charge is 2.15. The topological polar surface area (TPSA) is 38.3 Å². The van der Waals surface area contributed by atoms with Gasteiger partial charge < -0.3 is 10.1 Å². The number of hydrogen-bond donors (Lipinski definition) is 1. The van der Waals surface area contributed by atoms with Crippen LogP contribution in [0.1, 0.15) is 32.3 Å². The van der Waals surface area contributed by atoms with Gasteiger partial charge in [-0.1, -0.05) is 41.9 Å². The lowest BCUT2D eigenvalue weighted by atomic mass is 10.0. The number of benzene rings is 2. The maximum absolute atomic E-state index is 12.2. The Morgan fingerprint density at radius 3 is 2.14 bits per heavy atom. The van der Waals surface area contributed by atoms with Crippen molar-refractivity contribution in [1.29, 1.82) is 0 Å². The molecule has 1 atom stereocenters. The number of anilines is 1. The number of carbonyl (C=O) groups is 1. The molecule has 0 aliphatic carbocycles. The smallest absolute Gasteiger partial charge is 0.265 e. The van der Waals surface area contributed by atoms with Crippen LogP contribution in [-0.4, -0.2) is 12.0 Å². The summed E-state index contributed by atoms with van der Waals surface area (Å²) in [6, 6.07) is 15.3. The number of rotatable bonds is 5. The molecule has 116 valence electrons. The van der Waals surface area contributed by atoms with Crippen LogP contribution in [0.4, 0.5) is 5.69 Å². The molecule has 0 aliphatic rings. The monoisotopic (exact) mass is 361 g/mol. The largest absolute Gasteiger partial charge is 0.481 e. The summed E-state index contributed by atoms with van der Waals surface area (Å²) in [5.74, 6) is 0.977. The van der Waals surface area contributed by atoms with Crippen molar-refractivity contribution < 1.29 is 9.53 Å². The Kier molecular flexibility index (Phi) is 5.61. The lowest BCUT2D eigenvalue weighted by Gasteiger charge is -2.15. The molecule has 0 radical (unpaired) electrons. The van der Waals surface area contributed by atoms with E-state index in [2.05, 4.69) is 35.1 Å². The van der Waals surface area contributed by atoms with Crippen LogP contribution in [0.3, 0.4) is 0 Å². The fourth-order valence-corrected chi connectivity index (χ4v) is 2.23. The van der Waals surface area contributed by atoms with Gasteiger partial charge in [0.1, 0.15) is 5.75 Å². The molecule has 0 aromatic heterocycles. The summed E-state index contributed by atoms with van der Waals surface area (Å²) in [5.41, 5.74) is 2.03. The summed E-state index contributed by atoms with van der Waals surface area (Å²) < 4.78 is 6.61. The number of nitrogens with one attached hydrogen (secondary N) is 1. The van der Waals surface area contributed by atoms with Crippen LogP contribution < -0.4 is 10.1 Å². The average Bonchev–Trinajstić information content (AvgIpc) is 2.50. The zero-order valence-electron chi connectivity index (χ0n) is 13.0. The molecule has 2 aromatic rings. The van der Waals surface area contributed by atoms with Gasteiger partial charge in [-0.15, -0.1) is 0 Å². The Hall–Kier alpha value is -1.81. The third-order valence-electron chi connectivity index (χ3n) is 3.34. The van der Waals surface area contributed by atoms with Gasteiger partial charge in [0, 0.05) is 10.2 Å². The first kappa shape index (κ1) is 16.6. The van der Waals surface area contributed by atoms with Crippen molar-refractivity contribution in [3.05, 3.63) is 58.6 Å². The number of hydrogen-bond acceptors (Lipinski definition) is 2. The third-order valence-corrected chi connectivity index (χ3v) is 3.87. The molecule has 0 fully saturated rings. The van der Waals surface area contributed by atoms with Gasteiger partial charge in [0.15, 0.2) is 6.10 Å². The summed E-state index contributed by atoms with van der Waals surface area (Å²) in [5, 5.41) is 2.87. The fraction of sp³-hybridized carbons (Fsp3) is 0.278. The highest BCUT2D eigenvalue weighted by Crippen LogP contribution is 2.19. The Morgan fingerprint density at radius 1 is 1.00 bits per heavy atom. The minimum Gasteiger partial charge on any atom is -0.481 e. The quantitative estimate of drug-likeness (QED) is 0.815. The summed E-state index contributed by atoms with van der Waals surface area (Å²) in [6.45, 7) is 6.02. The van der Waals surface area contributed by atoms with Crippen LogP contribution in [-0.2, 0) is 4.79 Å². The maximum atomic E-state index is 12.2. The number of carbonyl (C=O) groups excluding carboxylic acids is 1. The Bertz CT molecular complexity index is 621. The van der Waals surface area contributed by atoms with Crippen LogP contribution in [0.25, 0.3) is 0 Å². The first-order valence-corrected chi connectivity index (χ1v) is 8.08. The first-order valence-electron chi connectivity index (χ1n) is 7.29. The van der Waals surface area contributed by atoms with Gasteiger partial charge in [-0.05, 0) is 54.8 Å². The highest BCUT2D eigenvalue weighted by molar-refractivity contribution is 9.10. The van der Waals surface area contributed by atoms with Crippen molar-refractivity contribution in [2.24, 2.45) is 0 Å². The molecule has 3 nitrogen and oxygen atoms in total. The summed E-state index contributed by atoms with van der Waals surface area (Å²) in [4.78, 5) is 12.2. The van der Waals surface area contributed by atoms with Gasteiger partial charge in [0.05, 0.1) is 0 Å². The predicted molar refractivity (Wildman–Crippen MR) is 93.4 cm³/mol. The number of ether oxygens (including phenoxy) is 1. The standard InChI is InChI=1S/C18H20BrNO2/c1-12(2)14-4-8-16(9-5-14)20-18(21)13(3)22-17-10-6-15(19)7-11-17/h4-13H,1-3H3,(H,20,21). The van der Waals surface area contributed by atoms with Crippen molar-refractivity contribution in [3.63, 3.8) is 0 Å². The van der Waals surface area contributed by atoms with E-state index >= 15 is 0 Å². The molecule has 22 heavy (non-hydrogen) atoms. The molecular weight excluding hydrogens is 342 g/mol. The number of halogens is 1. The molecule has 0 saturated heterocycles. The molecule has 0 saturated carbocycles. The zero-order valence-corrected chi connectivity index (χ0v) is 14.6. The minimum absolute atomic E-state index is 0.166. The van der Waals surface area contributed by atoms with Crippen molar-refractivity contribution >= 4 is 27.5 Å². The predicted octanol–water partition coefficient (Wildman–Crippen LogP) is 4.98. The van der Waals surface area contributed by atoms with Crippen LogP contribution in [0.2, 0.25) is 0 Å². The van der Waals surface area contributed by atoms with Gasteiger partial charge in [0.2, 0.25) is 0 Å². The van der Waals surface area contributed by atoms with Crippen molar-refractivity contribution in [2.75, 3.05) is 5.32 Å². The lowest BCUT2D eigenvalue weighted by Crippen LogP contribution is -2.30. The van der Waals surface area contributed by atoms with Gasteiger partial charge in [-0.3, -0.25) is 4.79 Å². The molecule has 0 bridgehead atoms. The van der Waals surface area contributed by atoms with Gasteiger partial charge >= 0.3 is 0 Å². The average molecular weight is 362 g/mol. The Morgan fingerprint density at radius 2 is 1.59 bits per heavy atom. The second kappa shape index (κ2) is 7.45. The van der Waals surface area contributed by atoms with Gasteiger partial charge in [-0.25, -0.2) is 0 Å². The van der Waals surface area contributed by atoms with Crippen LogP contribution >= 0.6 is 15.9 Å². The zero-order chi connectivity index (χ0) is 16.1. The summed E-state index contributed by atoms with van der Waals surface area (Å²) >= 11 is 3.37. The molecule has 0 spiro atoms. The van der Waals surface area contributed by atoms with Crippen molar-refractivity contribution in [1.82, 2.24) is 0 Å². The summed E-state index contributed by atoms with van der Waals surface area (Å²) in [6.07, 6.45) is -0.564. The van der Waals surface area contributed by atoms with Crippen LogP contribution in [0, 0.1) is 0 Å². The van der Waals surface area contributed by atoms with E-state index in [1.54, 1.807) is 6.92 Å². The van der Waals surface area contributed by atoms with Gasteiger partial charge in [-0.2, -0.15) is 0 Å². The second-order valence-corrected chi connectivity index (χ2v) is 6.40. The van der Waals surface area contributed by atoms with E-state index in [0.717, 1.165) is 10.2 Å². The SMILES string of the molecule is CC(Oc1ccc(Br)cc1)C(=O)Nc1ccc(C(C)C)cc1.